The molecule has 0 heterocycles. The van der Waals surface area contributed by atoms with E-state index in [4.69, 9.17) is 4.74 Å². The van der Waals surface area contributed by atoms with Crippen molar-refractivity contribution in [3.63, 3.8) is 0 Å². The lowest BCUT2D eigenvalue weighted by Gasteiger charge is -2.06. The van der Waals surface area contributed by atoms with E-state index in [1.807, 2.05) is 30.3 Å². The number of unbranched alkanes of at least 4 members (excludes halogenated alkanes) is 2. The van der Waals surface area contributed by atoms with Crippen molar-refractivity contribution in [1.29, 1.82) is 0 Å². The molecule has 3 heteroatoms. The maximum Gasteiger partial charge on any atom is 0.411 e. The van der Waals surface area contributed by atoms with E-state index in [1.165, 1.54) is 0 Å². The van der Waals surface area contributed by atoms with Gasteiger partial charge in [0.1, 0.15) is 0 Å². The minimum absolute atomic E-state index is 0.377. The van der Waals surface area contributed by atoms with Gasteiger partial charge in [-0.05, 0) is 18.6 Å². The minimum Gasteiger partial charge on any atom is -0.449 e. The number of rotatable bonds is 5. The first-order valence-corrected chi connectivity index (χ1v) is 5.31. The lowest BCUT2D eigenvalue weighted by molar-refractivity contribution is 0.159. The van der Waals surface area contributed by atoms with Crippen LogP contribution >= 0.6 is 0 Å². The lowest BCUT2D eigenvalue weighted by atomic mass is 10.3. The molecule has 3 nitrogen and oxygen atoms in total. The Morgan fingerprint density at radius 1 is 1.27 bits per heavy atom. The van der Waals surface area contributed by atoms with Gasteiger partial charge in [-0.25, -0.2) is 4.79 Å². The van der Waals surface area contributed by atoms with Crippen LogP contribution in [0, 0.1) is 0 Å². The van der Waals surface area contributed by atoms with Gasteiger partial charge in [-0.1, -0.05) is 38.0 Å². The van der Waals surface area contributed by atoms with Crippen LogP contribution in [0.4, 0.5) is 10.5 Å². The van der Waals surface area contributed by atoms with Crippen LogP contribution in [0.5, 0.6) is 0 Å². The van der Waals surface area contributed by atoms with Crippen molar-refractivity contribution in [3.8, 4) is 0 Å². The highest BCUT2D eigenvalue weighted by Gasteiger charge is 2.01. The Labute approximate surface area is 90.4 Å². The number of benzene rings is 1. The number of carbonyl (C=O) groups excluding carboxylic acids is 1. The largest absolute Gasteiger partial charge is 0.449 e. The standard InChI is InChI=1S/C12H17NO2/c1-2-3-7-10-15-12(14)13-11-8-5-4-6-9-11/h4-6,8-9H,2-3,7,10H2,1H3,(H,13,14). The zero-order chi connectivity index (χ0) is 10.9. The van der Waals surface area contributed by atoms with Crippen LogP contribution in [0.25, 0.3) is 0 Å². The molecular weight excluding hydrogens is 190 g/mol. The van der Waals surface area contributed by atoms with Crippen LogP contribution in [-0.2, 0) is 4.74 Å². The van der Waals surface area contributed by atoms with Crippen molar-refractivity contribution in [2.75, 3.05) is 11.9 Å². The fraction of sp³-hybridized carbons (Fsp3) is 0.417. The number of hydrogen-bond acceptors (Lipinski definition) is 2. The van der Waals surface area contributed by atoms with Gasteiger partial charge in [0.05, 0.1) is 6.61 Å². The second-order valence-electron chi connectivity index (χ2n) is 3.33. The molecular formula is C12H17NO2. The molecule has 1 aromatic rings. The maximum atomic E-state index is 11.2. The predicted molar refractivity (Wildman–Crippen MR) is 60.9 cm³/mol. The summed E-state index contributed by atoms with van der Waals surface area (Å²) < 4.78 is 5.00. The number of nitrogens with one attached hydrogen (secondary N) is 1. The fourth-order valence-corrected chi connectivity index (χ4v) is 1.19. The van der Waals surface area contributed by atoms with E-state index in [0.717, 1.165) is 24.9 Å². The molecule has 0 spiro atoms. The zero-order valence-corrected chi connectivity index (χ0v) is 9.03. The number of amides is 1. The number of hydrogen-bond donors (Lipinski definition) is 1. The van der Waals surface area contributed by atoms with Crippen molar-refractivity contribution in [3.05, 3.63) is 30.3 Å². The second kappa shape index (κ2) is 6.87. The number of anilines is 1. The van der Waals surface area contributed by atoms with Gasteiger partial charge in [-0.3, -0.25) is 5.32 Å². The van der Waals surface area contributed by atoms with Gasteiger partial charge >= 0.3 is 6.09 Å². The first-order chi connectivity index (χ1) is 7.33. The van der Waals surface area contributed by atoms with Crippen LogP contribution in [0.3, 0.4) is 0 Å². The third-order valence-corrected chi connectivity index (χ3v) is 2.00. The molecule has 1 aromatic carbocycles. The van der Waals surface area contributed by atoms with Gasteiger partial charge in [0.25, 0.3) is 0 Å². The molecule has 15 heavy (non-hydrogen) atoms. The molecule has 0 aliphatic rings. The molecule has 0 bridgehead atoms. The maximum absolute atomic E-state index is 11.2. The van der Waals surface area contributed by atoms with E-state index in [-0.39, 0.29) is 6.09 Å². The molecule has 0 saturated carbocycles. The first kappa shape index (κ1) is 11.6. The van der Waals surface area contributed by atoms with E-state index < -0.39 is 0 Å². The Balaban J connectivity index is 2.19. The molecule has 82 valence electrons. The summed E-state index contributed by atoms with van der Waals surface area (Å²) in [5.41, 5.74) is 0.762. The molecule has 0 unspecified atom stereocenters. The summed E-state index contributed by atoms with van der Waals surface area (Å²) in [7, 11) is 0. The Morgan fingerprint density at radius 2 is 2.00 bits per heavy atom. The second-order valence-corrected chi connectivity index (χ2v) is 3.33. The normalized spacial score (nSPS) is 9.67. The van der Waals surface area contributed by atoms with Crippen molar-refractivity contribution in [1.82, 2.24) is 0 Å². The van der Waals surface area contributed by atoms with Gasteiger partial charge in [-0.15, -0.1) is 0 Å². The third-order valence-electron chi connectivity index (χ3n) is 2.00. The SMILES string of the molecule is CCCCCOC(=O)Nc1ccccc1. The molecule has 1 amide bonds. The molecule has 0 fully saturated rings. The van der Waals surface area contributed by atoms with Gasteiger partial charge in [0.2, 0.25) is 0 Å². The highest BCUT2D eigenvalue weighted by Crippen LogP contribution is 2.05. The summed E-state index contributed by atoms with van der Waals surface area (Å²) in [4.78, 5) is 11.2. The lowest BCUT2D eigenvalue weighted by Crippen LogP contribution is -2.14. The van der Waals surface area contributed by atoms with E-state index >= 15 is 0 Å². The summed E-state index contributed by atoms with van der Waals surface area (Å²) in [6, 6.07) is 9.29. The zero-order valence-electron chi connectivity index (χ0n) is 9.03. The molecule has 0 aliphatic carbocycles. The molecule has 0 atom stereocenters. The number of ether oxygens (including phenoxy) is 1. The van der Waals surface area contributed by atoms with Crippen LogP contribution < -0.4 is 5.32 Å². The average molecular weight is 207 g/mol. The smallest absolute Gasteiger partial charge is 0.411 e. The molecule has 1 rings (SSSR count). The highest BCUT2D eigenvalue weighted by molar-refractivity contribution is 5.84. The Morgan fingerprint density at radius 3 is 2.67 bits per heavy atom. The van der Waals surface area contributed by atoms with E-state index in [1.54, 1.807) is 0 Å². The highest BCUT2D eigenvalue weighted by atomic mass is 16.5. The Kier molecular flexibility index (Phi) is 5.30. The summed E-state index contributed by atoms with van der Waals surface area (Å²) in [5.74, 6) is 0. The predicted octanol–water partition coefficient (Wildman–Crippen LogP) is 3.43. The van der Waals surface area contributed by atoms with Gasteiger partial charge in [0, 0.05) is 5.69 Å². The van der Waals surface area contributed by atoms with Crippen LogP contribution in [-0.4, -0.2) is 12.7 Å². The number of carbonyl (C=O) groups is 1. The third kappa shape index (κ3) is 5.05. The van der Waals surface area contributed by atoms with Crippen LogP contribution in [0.1, 0.15) is 26.2 Å². The Hall–Kier alpha value is -1.51. The summed E-state index contributed by atoms with van der Waals surface area (Å²) >= 11 is 0. The molecule has 0 aromatic heterocycles. The summed E-state index contributed by atoms with van der Waals surface area (Å²) in [5, 5.41) is 2.66. The van der Waals surface area contributed by atoms with Gasteiger partial charge in [-0.2, -0.15) is 0 Å². The summed E-state index contributed by atoms with van der Waals surface area (Å²) in [6.45, 7) is 2.61. The topological polar surface area (TPSA) is 38.3 Å². The van der Waals surface area contributed by atoms with Crippen molar-refractivity contribution in [2.24, 2.45) is 0 Å². The minimum atomic E-state index is -0.377. The van der Waals surface area contributed by atoms with Crippen molar-refractivity contribution >= 4 is 11.8 Å². The molecule has 1 N–H and O–H groups in total. The van der Waals surface area contributed by atoms with Crippen LogP contribution in [0.15, 0.2) is 30.3 Å². The van der Waals surface area contributed by atoms with E-state index in [9.17, 15) is 4.79 Å². The Bertz CT molecular complexity index is 285. The van der Waals surface area contributed by atoms with Crippen LogP contribution in [0.2, 0.25) is 0 Å². The summed E-state index contributed by atoms with van der Waals surface area (Å²) in [6.07, 6.45) is 2.78. The van der Waals surface area contributed by atoms with Crippen molar-refractivity contribution < 1.29 is 9.53 Å². The van der Waals surface area contributed by atoms with E-state index in [0.29, 0.717) is 6.61 Å². The molecule has 0 radical (unpaired) electrons. The van der Waals surface area contributed by atoms with E-state index in [2.05, 4.69) is 12.2 Å². The number of para-hydroxylation sites is 1. The quantitative estimate of drug-likeness (QED) is 0.751. The van der Waals surface area contributed by atoms with Gasteiger partial charge in [0.15, 0.2) is 0 Å². The van der Waals surface area contributed by atoms with Crippen molar-refractivity contribution in [2.45, 2.75) is 26.2 Å². The fourth-order valence-electron chi connectivity index (χ4n) is 1.19. The molecule has 0 aliphatic heterocycles. The van der Waals surface area contributed by atoms with Gasteiger partial charge < -0.3 is 4.74 Å². The first-order valence-electron chi connectivity index (χ1n) is 5.31. The average Bonchev–Trinajstić information content (AvgIpc) is 2.26. The molecule has 0 saturated heterocycles. The monoisotopic (exact) mass is 207 g/mol.